The van der Waals surface area contributed by atoms with Crippen LogP contribution in [0, 0.1) is 12.7 Å². The molecule has 1 aliphatic heterocycles. The van der Waals surface area contributed by atoms with E-state index in [4.69, 9.17) is 4.74 Å². The average Bonchev–Trinajstić information content (AvgIpc) is 2.73. The number of nitrogens with one attached hydrogen (secondary N) is 3. The van der Waals surface area contributed by atoms with Crippen LogP contribution in [0.5, 0.6) is 5.75 Å². The zero-order valence-corrected chi connectivity index (χ0v) is 17.7. The number of aryl methyl sites for hydroxylation is 2. The van der Waals surface area contributed by atoms with Crippen molar-refractivity contribution in [3.8, 4) is 5.75 Å². The second kappa shape index (κ2) is 10.1. The summed E-state index contributed by atoms with van der Waals surface area (Å²) in [6.45, 7) is 7.34. The minimum Gasteiger partial charge on any atom is -0.492 e. The van der Waals surface area contributed by atoms with Gasteiger partial charge in [-0.05, 0) is 68.1 Å². The summed E-state index contributed by atoms with van der Waals surface area (Å²) in [5.41, 5.74) is 3.44. The Morgan fingerprint density at radius 2 is 2.10 bits per heavy atom. The van der Waals surface area contributed by atoms with Crippen LogP contribution >= 0.6 is 0 Å². The average molecular weight is 413 g/mol. The van der Waals surface area contributed by atoms with Gasteiger partial charge in [-0.15, -0.1) is 0 Å². The number of carbonyl (C=O) groups is 1. The molecule has 3 rings (SSSR count). The highest BCUT2D eigenvalue weighted by Crippen LogP contribution is 2.26. The number of nitrogens with zero attached hydrogens (tertiary/aromatic N) is 1. The number of hydrogen-bond acceptors (Lipinski definition) is 3. The fourth-order valence-electron chi connectivity index (χ4n) is 3.26. The van der Waals surface area contributed by atoms with Crippen molar-refractivity contribution >= 4 is 17.6 Å². The number of carbonyl (C=O) groups excluding carboxylic acids is 1. The Balaban J connectivity index is 1.54. The quantitative estimate of drug-likeness (QED) is 0.368. The molecule has 160 valence electrons. The molecule has 0 fully saturated rings. The molecule has 3 N–H and O–H groups in total. The van der Waals surface area contributed by atoms with Crippen molar-refractivity contribution in [2.45, 2.75) is 39.7 Å². The number of guanidine groups is 1. The molecule has 0 saturated heterocycles. The van der Waals surface area contributed by atoms with Crippen LogP contribution in [0.3, 0.4) is 0 Å². The number of amides is 1. The molecule has 7 heteroatoms. The predicted molar refractivity (Wildman–Crippen MR) is 118 cm³/mol. The second-order valence-electron chi connectivity index (χ2n) is 7.35. The van der Waals surface area contributed by atoms with Gasteiger partial charge in [-0.25, -0.2) is 9.38 Å². The number of fused-ring (bicyclic) bond motifs is 1. The molecule has 0 bridgehead atoms. The van der Waals surface area contributed by atoms with Gasteiger partial charge in [-0.3, -0.25) is 4.79 Å². The van der Waals surface area contributed by atoms with Crippen LogP contribution in [-0.2, 0) is 11.2 Å². The summed E-state index contributed by atoms with van der Waals surface area (Å²) in [5.74, 6) is 1.27. The molecule has 1 heterocycles. The Hall–Kier alpha value is -3.09. The number of halogens is 1. The highest BCUT2D eigenvalue weighted by molar-refractivity contribution is 5.94. The van der Waals surface area contributed by atoms with Crippen LogP contribution in [0.25, 0.3) is 0 Å². The van der Waals surface area contributed by atoms with Crippen molar-refractivity contribution in [2.75, 3.05) is 25.0 Å². The van der Waals surface area contributed by atoms with Gasteiger partial charge in [0, 0.05) is 18.7 Å². The lowest BCUT2D eigenvalue weighted by Crippen LogP contribution is -2.39. The van der Waals surface area contributed by atoms with Crippen LogP contribution < -0.4 is 20.7 Å². The van der Waals surface area contributed by atoms with E-state index in [0.29, 0.717) is 31.1 Å². The van der Waals surface area contributed by atoms with Gasteiger partial charge in [-0.1, -0.05) is 12.1 Å². The maximum Gasteiger partial charge on any atom is 0.224 e. The number of benzene rings is 2. The van der Waals surface area contributed by atoms with E-state index in [1.807, 2.05) is 38.1 Å². The number of ether oxygens (including phenoxy) is 1. The molecule has 1 atom stereocenters. The van der Waals surface area contributed by atoms with Gasteiger partial charge in [0.2, 0.25) is 5.91 Å². The van der Waals surface area contributed by atoms with Gasteiger partial charge in [0.25, 0.3) is 0 Å². The minimum absolute atomic E-state index is 0.0524. The van der Waals surface area contributed by atoms with Crippen molar-refractivity contribution in [1.82, 2.24) is 10.6 Å². The van der Waals surface area contributed by atoms with Crippen molar-refractivity contribution in [3.63, 3.8) is 0 Å². The zero-order valence-electron chi connectivity index (χ0n) is 17.7. The monoisotopic (exact) mass is 412 g/mol. The molecule has 1 aliphatic rings. The first-order chi connectivity index (χ1) is 14.5. The van der Waals surface area contributed by atoms with Crippen LogP contribution in [0.1, 0.15) is 43.0 Å². The van der Waals surface area contributed by atoms with Crippen molar-refractivity contribution in [3.05, 3.63) is 58.9 Å². The van der Waals surface area contributed by atoms with Gasteiger partial charge < -0.3 is 20.7 Å². The normalized spacial score (nSPS) is 14.5. The van der Waals surface area contributed by atoms with E-state index in [-0.39, 0.29) is 17.8 Å². The third-order valence-electron chi connectivity index (χ3n) is 5.00. The smallest absolute Gasteiger partial charge is 0.224 e. The molecule has 0 aliphatic carbocycles. The van der Waals surface area contributed by atoms with Crippen LogP contribution in [-0.4, -0.2) is 31.6 Å². The molecule has 2 aromatic carbocycles. The summed E-state index contributed by atoms with van der Waals surface area (Å²) in [5, 5.41) is 9.37. The minimum atomic E-state index is -0.207. The highest BCUT2D eigenvalue weighted by atomic mass is 19.1. The summed E-state index contributed by atoms with van der Waals surface area (Å²) in [6, 6.07) is 10.9. The summed E-state index contributed by atoms with van der Waals surface area (Å²) < 4.78 is 19.7. The predicted octanol–water partition coefficient (Wildman–Crippen LogP) is 3.71. The molecule has 0 radical (unpaired) electrons. The zero-order chi connectivity index (χ0) is 21.5. The lowest BCUT2D eigenvalue weighted by Gasteiger charge is -2.19. The van der Waals surface area contributed by atoms with E-state index in [1.165, 1.54) is 0 Å². The molecule has 0 spiro atoms. The van der Waals surface area contributed by atoms with E-state index in [1.54, 1.807) is 19.1 Å². The first-order valence-electron chi connectivity index (χ1n) is 10.3. The van der Waals surface area contributed by atoms with Gasteiger partial charge in [0.1, 0.15) is 18.2 Å². The lowest BCUT2D eigenvalue weighted by molar-refractivity contribution is -0.116. The van der Waals surface area contributed by atoms with E-state index in [2.05, 4.69) is 20.9 Å². The molecular weight excluding hydrogens is 383 g/mol. The lowest BCUT2D eigenvalue weighted by atomic mass is 10.0. The molecule has 30 heavy (non-hydrogen) atoms. The van der Waals surface area contributed by atoms with Crippen LogP contribution in [0.4, 0.5) is 10.1 Å². The Labute approximate surface area is 176 Å². The van der Waals surface area contributed by atoms with E-state index in [9.17, 15) is 9.18 Å². The molecule has 6 nitrogen and oxygen atoms in total. The second-order valence-corrected chi connectivity index (χ2v) is 7.35. The largest absolute Gasteiger partial charge is 0.492 e. The maximum atomic E-state index is 13.8. The summed E-state index contributed by atoms with van der Waals surface area (Å²) in [7, 11) is 0. The van der Waals surface area contributed by atoms with Gasteiger partial charge in [0.15, 0.2) is 5.96 Å². The Kier molecular flexibility index (Phi) is 7.27. The topological polar surface area (TPSA) is 74.8 Å². The summed E-state index contributed by atoms with van der Waals surface area (Å²) in [4.78, 5) is 16.0. The highest BCUT2D eigenvalue weighted by Gasteiger charge is 2.15. The number of anilines is 1. The Morgan fingerprint density at radius 1 is 1.27 bits per heavy atom. The molecule has 2 aromatic rings. The summed E-state index contributed by atoms with van der Waals surface area (Å²) >= 11 is 0. The number of aliphatic imine (C=N–C) groups is 1. The molecule has 0 aromatic heterocycles. The SMILES string of the molecule is CCNC(=NCCOc1ccc2c(c1)CCC(=O)N2)NC(C)c1ccc(C)c(F)c1. The molecule has 1 unspecified atom stereocenters. The van der Waals surface area contributed by atoms with Crippen molar-refractivity contribution < 1.29 is 13.9 Å². The molecule has 0 saturated carbocycles. The van der Waals surface area contributed by atoms with Crippen LogP contribution in [0.15, 0.2) is 41.4 Å². The van der Waals surface area contributed by atoms with Gasteiger partial charge in [-0.2, -0.15) is 0 Å². The maximum absolute atomic E-state index is 13.8. The van der Waals surface area contributed by atoms with Crippen molar-refractivity contribution in [1.29, 1.82) is 0 Å². The van der Waals surface area contributed by atoms with E-state index < -0.39 is 0 Å². The summed E-state index contributed by atoms with van der Waals surface area (Å²) in [6.07, 6.45) is 1.23. The fraction of sp³-hybridized carbons (Fsp3) is 0.391. The number of rotatable bonds is 7. The van der Waals surface area contributed by atoms with Gasteiger partial charge in [0.05, 0.1) is 12.6 Å². The van der Waals surface area contributed by atoms with Gasteiger partial charge >= 0.3 is 0 Å². The molecule has 1 amide bonds. The fourth-order valence-corrected chi connectivity index (χ4v) is 3.26. The third kappa shape index (κ3) is 5.72. The van der Waals surface area contributed by atoms with E-state index >= 15 is 0 Å². The third-order valence-corrected chi connectivity index (χ3v) is 5.00. The Morgan fingerprint density at radius 3 is 2.87 bits per heavy atom. The first kappa shape index (κ1) is 21.6. The molecular formula is C23H29FN4O2. The number of hydrogen-bond donors (Lipinski definition) is 3. The van der Waals surface area contributed by atoms with E-state index in [0.717, 1.165) is 35.5 Å². The Bertz CT molecular complexity index is 929. The van der Waals surface area contributed by atoms with Crippen LogP contribution in [0.2, 0.25) is 0 Å². The first-order valence-corrected chi connectivity index (χ1v) is 10.3. The van der Waals surface area contributed by atoms with Crippen molar-refractivity contribution in [2.24, 2.45) is 4.99 Å². The standard InChI is InChI=1S/C23H29FN4O2/c1-4-25-23(27-16(3)17-6-5-15(2)20(24)14-17)26-11-12-30-19-8-9-21-18(13-19)7-10-22(29)28-21/h5-6,8-9,13-14,16H,4,7,10-12H2,1-3H3,(H,28,29)(H2,25,26,27).